The summed E-state index contributed by atoms with van der Waals surface area (Å²) in [7, 11) is 1.94. The number of furan rings is 1. The van der Waals surface area contributed by atoms with Gasteiger partial charge in [0, 0.05) is 17.5 Å². The molecular formula is C14H16ClNO. The minimum atomic E-state index is 0.175. The number of rotatable bonds is 4. The Morgan fingerprint density at radius 2 is 2.12 bits per heavy atom. The molecule has 1 atom stereocenters. The summed E-state index contributed by atoms with van der Waals surface area (Å²) in [4.78, 5) is 0. The standard InChI is InChI=1S/C14H16ClNO/c1-10-5-3-7-12(14(10)15)13(16-2)9-11-6-4-8-17-11/h3-8,13,16H,9H2,1-2H3. The Morgan fingerprint density at radius 3 is 2.76 bits per heavy atom. The quantitative estimate of drug-likeness (QED) is 0.893. The second-order valence-corrected chi connectivity index (χ2v) is 4.48. The first-order chi connectivity index (χ1) is 8.22. The van der Waals surface area contributed by atoms with E-state index in [9.17, 15) is 0 Å². The summed E-state index contributed by atoms with van der Waals surface area (Å²) in [6.07, 6.45) is 2.49. The molecule has 0 spiro atoms. The van der Waals surface area contributed by atoms with Gasteiger partial charge in [-0.1, -0.05) is 29.8 Å². The predicted molar refractivity (Wildman–Crippen MR) is 70.4 cm³/mol. The van der Waals surface area contributed by atoms with Crippen LogP contribution in [0.3, 0.4) is 0 Å². The van der Waals surface area contributed by atoms with Crippen LogP contribution in [0.4, 0.5) is 0 Å². The number of hydrogen-bond donors (Lipinski definition) is 1. The molecule has 0 aliphatic carbocycles. The van der Waals surface area contributed by atoms with Gasteiger partial charge in [-0.25, -0.2) is 0 Å². The lowest BCUT2D eigenvalue weighted by Gasteiger charge is -2.17. The summed E-state index contributed by atoms with van der Waals surface area (Å²) in [6, 6.07) is 10.2. The molecule has 1 unspecified atom stereocenters. The third-order valence-corrected chi connectivity index (χ3v) is 3.45. The predicted octanol–water partition coefficient (Wildman–Crippen LogP) is 3.74. The van der Waals surface area contributed by atoms with Crippen LogP contribution in [0.15, 0.2) is 41.0 Å². The molecule has 17 heavy (non-hydrogen) atoms. The van der Waals surface area contributed by atoms with Crippen molar-refractivity contribution in [3.63, 3.8) is 0 Å². The van der Waals surface area contributed by atoms with Crippen molar-refractivity contribution in [3.05, 3.63) is 58.5 Å². The molecule has 0 saturated carbocycles. The van der Waals surface area contributed by atoms with E-state index in [-0.39, 0.29) is 6.04 Å². The fourth-order valence-corrected chi connectivity index (χ4v) is 2.19. The first-order valence-corrected chi connectivity index (χ1v) is 6.05. The lowest BCUT2D eigenvalue weighted by atomic mass is 10.0. The second-order valence-electron chi connectivity index (χ2n) is 4.10. The summed E-state index contributed by atoms with van der Waals surface area (Å²) in [5.74, 6) is 0.960. The summed E-state index contributed by atoms with van der Waals surface area (Å²) in [5.41, 5.74) is 2.22. The molecule has 2 rings (SSSR count). The number of halogens is 1. The minimum absolute atomic E-state index is 0.175. The van der Waals surface area contributed by atoms with Gasteiger partial charge in [0.2, 0.25) is 0 Å². The molecule has 1 aromatic heterocycles. The average Bonchev–Trinajstić information content (AvgIpc) is 2.83. The molecule has 0 aliphatic heterocycles. The van der Waals surface area contributed by atoms with Gasteiger partial charge in [0.25, 0.3) is 0 Å². The van der Waals surface area contributed by atoms with E-state index in [0.717, 1.165) is 28.3 Å². The summed E-state index contributed by atoms with van der Waals surface area (Å²) in [6.45, 7) is 2.02. The van der Waals surface area contributed by atoms with E-state index in [4.69, 9.17) is 16.0 Å². The molecule has 0 fully saturated rings. The molecule has 3 heteroatoms. The summed E-state index contributed by atoms with van der Waals surface area (Å²) >= 11 is 6.34. The van der Waals surface area contributed by atoms with Crippen LogP contribution in [0.1, 0.15) is 22.9 Å². The van der Waals surface area contributed by atoms with Crippen LogP contribution in [0, 0.1) is 6.92 Å². The SMILES string of the molecule is CNC(Cc1ccco1)c1cccc(C)c1Cl. The summed E-state index contributed by atoms with van der Waals surface area (Å²) in [5, 5.41) is 4.11. The zero-order chi connectivity index (χ0) is 12.3. The maximum absolute atomic E-state index is 6.34. The first kappa shape index (κ1) is 12.2. The Bertz CT molecular complexity index is 479. The zero-order valence-electron chi connectivity index (χ0n) is 10.0. The number of aryl methyl sites for hydroxylation is 1. The van der Waals surface area contributed by atoms with Crippen LogP contribution in [0.2, 0.25) is 5.02 Å². The maximum Gasteiger partial charge on any atom is 0.105 e. The Hall–Kier alpha value is -1.25. The molecule has 2 aromatic rings. The normalized spacial score (nSPS) is 12.6. The molecule has 1 heterocycles. The lowest BCUT2D eigenvalue weighted by Crippen LogP contribution is -2.19. The van der Waals surface area contributed by atoms with Crippen molar-refractivity contribution >= 4 is 11.6 Å². The molecule has 2 nitrogen and oxygen atoms in total. The number of likely N-dealkylation sites (N-methyl/N-ethyl adjacent to an activating group) is 1. The van der Waals surface area contributed by atoms with Gasteiger partial charge in [0.1, 0.15) is 5.76 Å². The van der Waals surface area contributed by atoms with E-state index in [2.05, 4.69) is 11.4 Å². The first-order valence-electron chi connectivity index (χ1n) is 5.67. The van der Waals surface area contributed by atoms with Crippen LogP contribution in [0.5, 0.6) is 0 Å². The molecule has 0 aliphatic rings. The zero-order valence-corrected chi connectivity index (χ0v) is 10.8. The van der Waals surface area contributed by atoms with Gasteiger partial charge in [0.15, 0.2) is 0 Å². The Morgan fingerprint density at radius 1 is 1.29 bits per heavy atom. The van der Waals surface area contributed by atoms with Gasteiger partial charge in [0.05, 0.1) is 6.26 Å². The molecular weight excluding hydrogens is 234 g/mol. The van der Waals surface area contributed by atoms with E-state index in [1.165, 1.54) is 0 Å². The highest BCUT2D eigenvalue weighted by Crippen LogP contribution is 2.28. The van der Waals surface area contributed by atoms with Crippen molar-refractivity contribution in [3.8, 4) is 0 Å². The highest BCUT2D eigenvalue weighted by atomic mass is 35.5. The highest BCUT2D eigenvalue weighted by molar-refractivity contribution is 6.32. The van der Waals surface area contributed by atoms with Gasteiger partial charge < -0.3 is 9.73 Å². The molecule has 90 valence electrons. The molecule has 0 radical (unpaired) electrons. The Balaban J connectivity index is 2.26. The summed E-state index contributed by atoms with van der Waals surface area (Å²) < 4.78 is 5.37. The molecule has 0 saturated heterocycles. The minimum Gasteiger partial charge on any atom is -0.469 e. The van der Waals surface area contributed by atoms with Crippen molar-refractivity contribution in [1.82, 2.24) is 5.32 Å². The molecule has 0 bridgehead atoms. The van der Waals surface area contributed by atoms with Crippen molar-refractivity contribution in [2.45, 2.75) is 19.4 Å². The van der Waals surface area contributed by atoms with Crippen LogP contribution in [0.25, 0.3) is 0 Å². The van der Waals surface area contributed by atoms with Crippen molar-refractivity contribution in [1.29, 1.82) is 0 Å². The van der Waals surface area contributed by atoms with Gasteiger partial charge >= 0.3 is 0 Å². The second kappa shape index (κ2) is 5.39. The van der Waals surface area contributed by atoms with Crippen LogP contribution >= 0.6 is 11.6 Å². The maximum atomic E-state index is 6.34. The monoisotopic (exact) mass is 249 g/mol. The molecule has 1 aromatic carbocycles. The van der Waals surface area contributed by atoms with E-state index in [1.807, 2.05) is 38.2 Å². The third kappa shape index (κ3) is 2.71. The van der Waals surface area contributed by atoms with Gasteiger partial charge in [-0.3, -0.25) is 0 Å². The Kier molecular flexibility index (Phi) is 3.87. The van der Waals surface area contributed by atoms with E-state index >= 15 is 0 Å². The molecule has 0 amide bonds. The van der Waals surface area contributed by atoms with E-state index < -0.39 is 0 Å². The van der Waals surface area contributed by atoms with Crippen LogP contribution in [-0.2, 0) is 6.42 Å². The van der Waals surface area contributed by atoms with Crippen molar-refractivity contribution in [2.75, 3.05) is 7.05 Å². The van der Waals surface area contributed by atoms with Gasteiger partial charge in [-0.2, -0.15) is 0 Å². The fraction of sp³-hybridized carbons (Fsp3) is 0.286. The van der Waals surface area contributed by atoms with E-state index in [0.29, 0.717) is 0 Å². The third-order valence-electron chi connectivity index (χ3n) is 2.93. The smallest absolute Gasteiger partial charge is 0.105 e. The van der Waals surface area contributed by atoms with Crippen molar-refractivity contribution in [2.24, 2.45) is 0 Å². The average molecular weight is 250 g/mol. The van der Waals surface area contributed by atoms with E-state index in [1.54, 1.807) is 6.26 Å². The number of nitrogens with one attached hydrogen (secondary N) is 1. The Labute approximate surface area is 107 Å². The highest BCUT2D eigenvalue weighted by Gasteiger charge is 2.15. The molecule has 1 N–H and O–H groups in total. The number of benzene rings is 1. The number of hydrogen-bond acceptors (Lipinski definition) is 2. The topological polar surface area (TPSA) is 25.2 Å². The van der Waals surface area contributed by atoms with Crippen LogP contribution in [-0.4, -0.2) is 7.05 Å². The van der Waals surface area contributed by atoms with Gasteiger partial charge in [-0.15, -0.1) is 0 Å². The fourth-order valence-electron chi connectivity index (χ4n) is 1.94. The van der Waals surface area contributed by atoms with Crippen molar-refractivity contribution < 1.29 is 4.42 Å². The van der Waals surface area contributed by atoms with Gasteiger partial charge in [-0.05, 0) is 37.2 Å². The lowest BCUT2D eigenvalue weighted by molar-refractivity contribution is 0.466. The largest absolute Gasteiger partial charge is 0.469 e. The van der Waals surface area contributed by atoms with Crippen LogP contribution < -0.4 is 5.32 Å².